The van der Waals surface area contributed by atoms with Gasteiger partial charge in [0.2, 0.25) is 0 Å². The van der Waals surface area contributed by atoms with Gasteiger partial charge in [-0.25, -0.2) is 4.67 Å². The molecule has 0 radical (unpaired) electrons. The van der Waals surface area contributed by atoms with Crippen LogP contribution in [0.2, 0.25) is 0 Å². The van der Waals surface area contributed by atoms with Crippen molar-refractivity contribution < 1.29 is 4.79 Å². The molecule has 1 heterocycles. The number of hydrogen-bond donors (Lipinski definition) is 0. The van der Waals surface area contributed by atoms with Gasteiger partial charge < -0.3 is 4.67 Å². The summed E-state index contributed by atoms with van der Waals surface area (Å²) < 4.78 is 6.46. The number of alkyl halides is 2. The summed E-state index contributed by atoms with van der Waals surface area (Å²) in [5.41, 5.74) is 2.81. The van der Waals surface area contributed by atoms with Crippen LogP contribution < -0.4 is 4.67 Å². The van der Waals surface area contributed by atoms with Gasteiger partial charge in [0.15, 0.2) is 8.37 Å². The molecule has 0 N–H and O–H groups in total. The Morgan fingerprint density at radius 1 is 1.00 bits per heavy atom. The third-order valence-corrected chi connectivity index (χ3v) is 7.65. The number of rotatable bonds is 7. The second-order valence-electron chi connectivity index (χ2n) is 6.38. The van der Waals surface area contributed by atoms with Gasteiger partial charge in [-0.15, -0.1) is 23.2 Å². The maximum absolute atomic E-state index is 13.5. The average molecular weight is 424 g/mol. The summed E-state index contributed by atoms with van der Waals surface area (Å²) in [5.74, 6) is 1.04. The number of carbonyl (C=O) groups is 1. The van der Waals surface area contributed by atoms with Gasteiger partial charge in [-0.2, -0.15) is 0 Å². The molecule has 7 heteroatoms. The van der Waals surface area contributed by atoms with E-state index in [-0.39, 0.29) is 11.9 Å². The van der Waals surface area contributed by atoms with Crippen molar-refractivity contribution in [2.24, 2.45) is 0 Å². The molecular formula is C20H24Cl2N3OP. The maximum atomic E-state index is 13.5. The fourth-order valence-corrected chi connectivity index (χ4v) is 6.62. The molecule has 0 saturated heterocycles. The van der Waals surface area contributed by atoms with Crippen LogP contribution in [0.4, 0.5) is 5.69 Å². The van der Waals surface area contributed by atoms with E-state index in [0.717, 1.165) is 16.8 Å². The second-order valence-corrected chi connectivity index (χ2v) is 9.27. The van der Waals surface area contributed by atoms with E-state index in [1.54, 1.807) is 0 Å². The minimum atomic E-state index is -1.08. The van der Waals surface area contributed by atoms with Crippen molar-refractivity contribution in [2.75, 3.05) is 36.6 Å². The van der Waals surface area contributed by atoms with Crippen LogP contribution in [0.15, 0.2) is 54.6 Å². The van der Waals surface area contributed by atoms with Crippen molar-refractivity contribution in [1.82, 2.24) is 9.34 Å². The highest BCUT2D eigenvalue weighted by atomic mass is 35.5. The third kappa shape index (κ3) is 4.09. The molecule has 0 spiro atoms. The SMILES string of the molecule is C[C@H](c1ccccc1)N1C(=O)c2ccccc2N(C)P1N(CCCl)CCCl. The Labute approximate surface area is 172 Å². The summed E-state index contributed by atoms with van der Waals surface area (Å²) in [6.45, 7) is 3.44. The fourth-order valence-electron chi connectivity index (χ4n) is 3.40. The van der Waals surface area contributed by atoms with Gasteiger partial charge in [-0.1, -0.05) is 42.5 Å². The average Bonchev–Trinajstić information content (AvgIpc) is 2.70. The number of halogens is 2. The van der Waals surface area contributed by atoms with Crippen LogP contribution in [0, 0.1) is 0 Å². The van der Waals surface area contributed by atoms with E-state index in [9.17, 15) is 4.79 Å². The van der Waals surface area contributed by atoms with Crippen LogP contribution in [0.25, 0.3) is 0 Å². The van der Waals surface area contributed by atoms with E-state index in [1.165, 1.54) is 0 Å². The molecular weight excluding hydrogens is 400 g/mol. The van der Waals surface area contributed by atoms with Crippen molar-refractivity contribution in [3.63, 3.8) is 0 Å². The van der Waals surface area contributed by atoms with Crippen LogP contribution in [0.3, 0.4) is 0 Å². The Balaban J connectivity index is 2.09. The Hall–Kier alpha value is -1.32. The fraction of sp³-hybridized carbons (Fsp3) is 0.350. The smallest absolute Gasteiger partial charge is 0.262 e. The molecule has 0 fully saturated rings. The lowest BCUT2D eigenvalue weighted by Gasteiger charge is -2.49. The van der Waals surface area contributed by atoms with Crippen molar-refractivity contribution in [2.45, 2.75) is 13.0 Å². The molecule has 2 atom stereocenters. The Morgan fingerprint density at radius 2 is 1.59 bits per heavy atom. The Bertz CT molecular complexity index is 771. The molecule has 0 aromatic heterocycles. The lowest BCUT2D eigenvalue weighted by atomic mass is 10.1. The minimum Gasteiger partial charge on any atom is -0.324 e. The van der Waals surface area contributed by atoms with E-state index in [4.69, 9.17) is 23.2 Å². The minimum absolute atomic E-state index is 0.0558. The topological polar surface area (TPSA) is 26.8 Å². The molecule has 3 rings (SSSR count). The van der Waals surface area contributed by atoms with Gasteiger partial charge in [0.05, 0.1) is 17.3 Å². The summed E-state index contributed by atoms with van der Waals surface area (Å²) in [4.78, 5) is 13.5. The van der Waals surface area contributed by atoms with E-state index in [2.05, 4.69) is 35.4 Å². The van der Waals surface area contributed by atoms with Gasteiger partial charge in [-0.05, 0) is 24.6 Å². The van der Waals surface area contributed by atoms with Crippen molar-refractivity contribution in [1.29, 1.82) is 0 Å². The lowest BCUT2D eigenvalue weighted by Crippen LogP contribution is -2.45. The first-order valence-electron chi connectivity index (χ1n) is 8.98. The first-order valence-corrected chi connectivity index (χ1v) is 11.2. The molecule has 2 aromatic rings. The highest BCUT2D eigenvalue weighted by Gasteiger charge is 2.42. The first-order chi connectivity index (χ1) is 13.1. The van der Waals surface area contributed by atoms with Crippen LogP contribution in [0.1, 0.15) is 28.9 Å². The van der Waals surface area contributed by atoms with Crippen LogP contribution in [-0.2, 0) is 0 Å². The number of anilines is 1. The monoisotopic (exact) mass is 423 g/mol. The van der Waals surface area contributed by atoms with Gasteiger partial charge in [0, 0.05) is 31.9 Å². The standard InChI is InChI=1S/C20H24Cl2N3OP/c1-16(17-8-4-3-5-9-17)25-20(26)18-10-6-7-11-19(18)23(2)27(25)24(14-12-21)15-13-22/h3-11,16H,12-15H2,1-2H3/t16-,27?/m1/s1. The quantitative estimate of drug-likeness (QED) is 0.443. The molecule has 4 nitrogen and oxygen atoms in total. The Morgan fingerprint density at radius 3 is 2.22 bits per heavy atom. The van der Waals surface area contributed by atoms with Crippen molar-refractivity contribution in [3.8, 4) is 0 Å². The zero-order valence-electron chi connectivity index (χ0n) is 15.6. The molecule has 27 heavy (non-hydrogen) atoms. The van der Waals surface area contributed by atoms with E-state index in [0.29, 0.717) is 24.8 Å². The van der Waals surface area contributed by atoms with Crippen LogP contribution in [-0.4, -0.2) is 47.1 Å². The Kier molecular flexibility index (Phi) is 6.99. The summed E-state index contributed by atoms with van der Waals surface area (Å²) in [6, 6.07) is 17.9. The van der Waals surface area contributed by atoms with E-state index < -0.39 is 8.37 Å². The summed E-state index contributed by atoms with van der Waals surface area (Å²) in [7, 11) is 0.974. The zero-order valence-corrected chi connectivity index (χ0v) is 18.0. The first kappa shape index (κ1) is 20.4. The predicted molar refractivity (Wildman–Crippen MR) is 116 cm³/mol. The van der Waals surface area contributed by atoms with E-state index >= 15 is 0 Å². The van der Waals surface area contributed by atoms with Gasteiger partial charge >= 0.3 is 0 Å². The number of benzene rings is 2. The normalized spacial score (nSPS) is 18.0. The predicted octanol–water partition coefficient (Wildman–Crippen LogP) is 5.35. The lowest BCUT2D eigenvalue weighted by molar-refractivity contribution is 0.0820. The van der Waals surface area contributed by atoms with Crippen LogP contribution >= 0.6 is 31.6 Å². The highest BCUT2D eigenvalue weighted by Crippen LogP contribution is 2.57. The maximum Gasteiger partial charge on any atom is 0.262 e. The van der Waals surface area contributed by atoms with Gasteiger partial charge in [0.25, 0.3) is 5.91 Å². The molecule has 1 aliphatic heterocycles. The number of carbonyl (C=O) groups excluding carboxylic acids is 1. The van der Waals surface area contributed by atoms with Crippen LogP contribution in [0.5, 0.6) is 0 Å². The second kappa shape index (κ2) is 9.25. The molecule has 1 unspecified atom stereocenters. The number of para-hydroxylation sites is 1. The largest absolute Gasteiger partial charge is 0.324 e. The van der Waals surface area contributed by atoms with E-state index in [1.807, 2.05) is 47.1 Å². The summed E-state index contributed by atoms with van der Waals surface area (Å²) in [5, 5.41) is 0. The number of fused-ring (bicyclic) bond motifs is 1. The van der Waals surface area contributed by atoms with Crippen molar-refractivity contribution >= 4 is 43.2 Å². The number of hydrogen-bond acceptors (Lipinski definition) is 3. The molecule has 144 valence electrons. The molecule has 0 saturated carbocycles. The third-order valence-electron chi connectivity index (χ3n) is 4.74. The number of nitrogens with zero attached hydrogens (tertiary/aromatic N) is 3. The van der Waals surface area contributed by atoms with Gasteiger partial charge in [0.1, 0.15) is 0 Å². The summed E-state index contributed by atoms with van der Waals surface area (Å²) in [6.07, 6.45) is 0. The number of amides is 1. The molecule has 0 aliphatic carbocycles. The molecule has 1 aliphatic rings. The zero-order chi connectivity index (χ0) is 19.4. The summed E-state index contributed by atoms with van der Waals surface area (Å²) >= 11 is 12.2. The molecule has 2 aromatic carbocycles. The molecule has 1 amide bonds. The van der Waals surface area contributed by atoms with Gasteiger partial charge in [-0.3, -0.25) is 9.46 Å². The highest BCUT2D eigenvalue weighted by molar-refractivity contribution is 7.55. The molecule has 0 bridgehead atoms. The van der Waals surface area contributed by atoms with Crippen molar-refractivity contribution in [3.05, 3.63) is 65.7 Å².